The average Bonchev–Trinajstić information content (AvgIpc) is 3.03. The Kier molecular flexibility index (Phi) is 5.36. The first kappa shape index (κ1) is 19.5. The number of hydrogen-bond donors (Lipinski definition) is 0. The number of furan rings is 1. The van der Waals surface area contributed by atoms with Crippen molar-refractivity contribution in [2.75, 3.05) is 14.2 Å². The number of benzene rings is 1. The predicted molar refractivity (Wildman–Crippen MR) is 107 cm³/mol. The van der Waals surface area contributed by atoms with Crippen LogP contribution < -0.4 is 4.74 Å². The molecule has 0 aliphatic heterocycles. The molecule has 1 aromatic carbocycles. The number of methoxy groups -OCH3 is 2. The first-order chi connectivity index (χ1) is 12.9. The van der Waals surface area contributed by atoms with E-state index in [0.29, 0.717) is 17.2 Å². The van der Waals surface area contributed by atoms with Crippen molar-refractivity contribution in [3.05, 3.63) is 40.6 Å². The van der Waals surface area contributed by atoms with Crippen LogP contribution in [-0.4, -0.2) is 20.2 Å². The van der Waals surface area contributed by atoms with Crippen LogP contribution in [0.5, 0.6) is 5.75 Å². The average molecular weight is 370 g/mol. The number of carbonyl (C=O) groups is 1. The molecule has 3 rings (SSSR count). The van der Waals surface area contributed by atoms with E-state index in [1.54, 1.807) is 13.4 Å². The summed E-state index contributed by atoms with van der Waals surface area (Å²) in [5.74, 6) is 1.61. The summed E-state index contributed by atoms with van der Waals surface area (Å²) in [7, 11) is 3.08. The summed E-state index contributed by atoms with van der Waals surface area (Å²) in [5, 5.41) is 0. The minimum Gasteiger partial charge on any atom is -0.496 e. The maximum Gasteiger partial charge on any atom is 0.342 e. The van der Waals surface area contributed by atoms with Crippen molar-refractivity contribution in [1.29, 1.82) is 0 Å². The summed E-state index contributed by atoms with van der Waals surface area (Å²) in [6.07, 6.45) is 6.16. The molecule has 0 N–H and O–H groups in total. The molecule has 27 heavy (non-hydrogen) atoms. The first-order valence-electron chi connectivity index (χ1n) is 9.73. The van der Waals surface area contributed by atoms with Crippen LogP contribution in [0.2, 0.25) is 0 Å². The van der Waals surface area contributed by atoms with Crippen LogP contribution >= 0.6 is 0 Å². The van der Waals surface area contributed by atoms with Gasteiger partial charge in [0.1, 0.15) is 11.3 Å². The van der Waals surface area contributed by atoms with Crippen molar-refractivity contribution < 1.29 is 18.7 Å². The second-order valence-corrected chi connectivity index (χ2v) is 8.03. The van der Waals surface area contributed by atoms with E-state index in [1.807, 2.05) is 13.0 Å². The molecule has 0 saturated carbocycles. The van der Waals surface area contributed by atoms with Gasteiger partial charge in [0, 0.05) is 5.56 Å². The van der Waals surface area contributed by atoms with Gasteiger partial charge in [-0.1, -0.05) is 33.3 Å². The number of carbonyl (C=O) groups excluding carboxylic acids is 1. The minimum absolute atomic E-state index is 0.0969. The molecule has 0 fully saturated rings. The highest BCUT2D eigenvalue weighted by Crippen LogP contribution is 2.49. The number of esters is 1. The first-order valence-corrected chi connectivity index (χ1v) is 9.73. The molecule has 4 nitrogen and oxygen atoms in total. The van der Waals surface area contributed by atoms with Crippen molar-refractivity contribution in [3.63, 3.8) is 0 Å². The van der Waals surface area contributed by atoms with E-state index in [2.05, 4.69) is 26.8 Å². The van der Waals surface area contributed by atoms with Crippen LogP contribution in [0.1, 0.15) is 67.1 Å². The van der Waals surface area contributed by atoms with E-state index in [9.17, 15) is 4.79 Å². The van der Waals surface area contributed by atoms with Gasteiger partial charge >= 0.3 is 5.97 Å². The molecule has 0 amide bonds. The van der Waals surface area contributed by atoms with Gasteiger partial charge in [-0.3, -0.25) is 0 Å². The molecule has 1 heterocycles. The van der Waals surface area contributed by atoms with Gasteiger partial charge in [0.05, 0.1) is 26.0 Å². The number of hydrogen-bond acceptors (Lipinski definition) is 4. The summed E-state index contributed by atoms with van der Waals surface area (Å²) in [6.45, 7) is 8.77. The lowest BCUT2D eigenvalue weighted by Crippen LogP contribution is -2.34. The van der Waals surface area contributed by atoms with Gasteiger partial charge in [-0.05, 0) is 54.7 Å². The van der Waals surface area contributed by atoms with Gasteiger partial charge < -0.3 is 13.9 Å². The van der Waals surface area contributed by atoms with Gasteiger partial charge in [0.15, 0.2) is 5.76 Å². The SMILES string of the molecule is CCCC1CCc2c(ccc(-c3occ(C)c3C(=O)OC)c2OC)C1(C)C. The Labute approximate surface area is 161 Å². The highest BCUT2D eigenvalue weighted by Gasteiger charge is 2.38. The normalized spacial score (nSPS) is 18.1. The maximum atomic E-state index is 12.3. The zero-order chi connectivity index (χ0) is 19.8. The second kappa shape index (κ2) is 7.41. The van der Waals surface area contributed by atoms with Crippen LogP contribution in [0.3, 0.4) is 0 Å². The summed E-state index contributed by atoms with van der Waals surface area (Å²) in [5.41, 5.74) is 4.72. The van der Waals surface area contributed by atoms with Crippen molar-refractivity contribution in [2.45, 2.75) is 58.8 Å². The van der Waals surface area contributed by atoms with Crippen molar-refractivity contribution >= 4 is 5.97 Å². The molecular weight excluding hydrogens is 340 g/mol. The highest BCUT2D eigenvalue weighted by molar-refractivity contribution is 5.98. The molecule has 2 aromatic rings. The molecule has 1 aromatic heterocycles. The molecule has 4 heteroatoms. The van der Waals surface area contributed by atoms with Crippen molar-refractivity contribution in [2.24, 2.45) is 5.92 Å². The van der Waals surface area contributed by atoms with Gasteiger partial charge in [-0.25, -0.2) is 4.79 Å². The fraction of sp³-hybridized carbons (Fsp3) is 0.522. The lowest BCUT2D eigenvalue weighted by atomic mass is 9.64. The Morgan fingerprint density at radius 1 is 1.30 bits per heavy atom. The Morgan fingerprint density at radius 3 is 2.67 bits per heavy atom. The fourth-order valence-electron chi connectivity index (χ4n) is 4.64. The lowest BCUT2D eigenvalue weighted by molar-refractivity contribution is 0.0600. The summed E-state index contributed by atoms with van der Waals surface area (Å²) in [4.78, 5) is 12.3. The Hall–Kier alpha value is -2.23. The molecule has 0 spiro atoms. The van der Waals surface area contributed by atoms with E-state index < -0.39 is 0 Å². The van der Waals surface area contributed by atoms with Gasteiger partial charge in [-0.2, -0.15) is 0 Å². The number of rotatable bonds is 5. The van der Waals surface area contributed by atoms with Crippen LogP contribution in [0, 0.1) is 12.8 Å². The Bertz CT molecular complexity index is 844. The third kappa shape index (κ3) is 3.15. The van der Waals surface area contributed by atoms with Gasteiger partial charge in [-0.15, -0.1) is 0 Å². The van der Waals surface area contributed by atoms with Crippen molar-refractivity contribution in [3.8, 4) is 17.1 Å². The van der Waals surface area contributed by atoms with Crippen LogP contribution in [0.4, 0.5) is 0 Å². The van der Waals surface area contributed by atoms with E-state index in [0.717, 1.165) is 29.7 Å². The molecule has 1 unspecified atom stereocenters. The zero-order valence-corrected chi connectivity index (χ0v) is 17.3. The van der Waals surface area contributed by atoms with E-state index in [1.165, 1.54) is 31.1 Å². The minimum atomic E-state index is -0.389. The maximum absolute atomic E-state index is 12.3. The number of ether oxygens (including phenoxy) is 2. The highest BCUT2D eigenvalue weighted by atomic mass is 16.5. The van der Waals surface area contributed by atoms with Gasteiger partial charge in [0.2, 0.25) is 0 Å². The molecule has 146 valence electrons. The third-order valence-corrected chi connectivity index (χ3v) is 6.17. The zero-order valence-electron chi connectivity index (χ0n) is 17.3. The molecule has 0 radical (unpaired) electrons. The smallest absolute Gasteiger partial charge is 0.342 e. The molecule has 1 aliphatic carbocycles. The number of fused-ring (bicyclic) bond motifs is 1. The second-order valence-electron chi connectivity index (χ2n) is 8.03. The van der Waals surface area contributed by atoms with Crippen molar-refractivity contribution in [1.82, 2.24) is 0 Å². The predicted octanol–water partition coefficient (Wildman–Crippen LogP) is 5.69. The lowest BCUT2D eigenvalue weighted by Gasteiger charge is -2.41. The topological polar surface area (TPSA) is 48.7 Å². The summed E-state index contributed by atoms with van der Waals surface area (Å²) >= 11 is 0. The Morgan fingerprint density at radius 2 is 2.04 bits per heavy atom. The molecular formula is C23H30O4. The monoisotopic (exact) mass is 370 g/mol. The van der Waals surface area contributed by atoms with E-state index >= 15 is 0 Å². The molecule has 1 aliphatic rings. The third-order valence-electron chi connectivity index (χ3n) is 6.17. The number of aryl methyl sites for hydroxylation is 1. The Balaban J connectivity index is 2.16. The molecule has 1 atom stereocenters. The fourth-order valence-corrected chi connectivity index (χ4v) is 4.64. The molecule has 0 bridgehead atoms. The summed E-state index contributed by atoms with van der Waals surface area (Å²) < 4.78 is 16.6. The van der Waals surface area contributed by atoms with Gasteiger partial charge in [0.25, 0.3) is 0 Å². The van der Waals surface area contributed by atoms with Crippen LogP contribution in [0.25, 0.3) is 11.3 Å². The summed E-state index contributed by atoms with van der Waals surface area (Å²) in [6, 6.07) is 4.21. The van der Waals surface area contributed by atoms with Crippen LogP contribution in [-0.2, 0) is 16.6 Å². The van der Waals surface area contributed by atoms with E-state index in [-0.39, 0.29) is 11.4 Å². The van der Waals surface area contributed by atoms with E-state index in [4.69, 9.17) is 13.9 Å². The quantitative estimate of drug-likeness (QED) is 0.634. The molecule has 0 saturated heterocycles. The van der Waals surface area contributed by atoms with Crippen LogP contribution in [0.15, 0.2) is 22.8 Å². The standard InChI is InChI=1S/C23H30O4/c1-7-8-15-9-10-16-18(23(15,3)4)12-11-17(20(16)25-5)21-19(22(24)26-6)14(2)13-27-21/h11-13,15H,7-10H2,1-6H3. The largest absolute Gasteiger partial charge is 0.496 e.